The van der Waals surface area contributed by atoms with E-state index in [9.17, 15) is 0 Å². The van der Waals surface area contributed by atoms with Crippen LogP contribution in [0.2, 0.25) is 0 Å². The first-order valence-electron chi connectivity index (χ1n) is 7.47. The zero-order valence-electron chi connectivity index (χ0n) is 13.6. The Kier molecular flexibility index (Phi) is 12.0. The van der Waals surface area contributed by atoms with Gasteiger partial charge in [0.15, 0.2) is 5.96 Å². The lowest BCUT2D eigenvalue weighted by Crippen LogP contribution is -2.38. The molecule has 1 aromatic rings. The van der Waals surface area contributed by atoms with E-state index in [2.05, 4.69) is 39.8 Å². The molecule has 21 heavy (non-hydrogen) atoms. The molecule has 0 bridgehead atoms. The van der Waals surface area contributed by atoms with Gasteiger partial charge in [-0.05, 0) is 32.1 Å². The number of hydrogen-bond acceptors (Lipinski definition) is 3. The highest BCUT2D eigenvalue weighted by atomic mass is 127. The average Bonchev–Trinajstić information content (AvgIpc) is 2.82. The van der Waals surface area contributed by atoms with Crippen LogP contribution in [0.4, 0.5) is 0 Å². The second kappa shape index (κ2) is 12.2. The summed E-state index contributed by atoms with van der Waals surface area (Å²) in [5, 5.41) is 10.0. The van der Waals surface area contributed by atoms with Crippen molar-refractivity contribution < 1.29 is 0 Å². The lowest BCUT2D eigenvalue weighted by atomic mass is 10.1. The van der Waals surface area contributed by atoms with Crippen LogP contribution >= 0.6 is 35.3 Å². The van der Waals surface area contributed by atoms with E-state index in [1.165, 1.54) is 17.8 Å². The number of nitrogens with zero attached hydrogens (tertiary/aromatic N) is 2. The molecule has 0 radical (unpaired) electrons. The molecule has 1 heterocycles. The molecule has 0 unspecified atom stereocenters. The Bertz CT molecular complexity index is 404. The van der Waals surface area contributed by atoms with Gasteiger partial charge in [-0.2, -0.15) is 0 Å². The molecule has 0 fully saturated rings. The van der Waals surface area contributed by atoms with Crippen LogP contribution in [0.15, 0.2) is 10.4 Å². The molecule has 4 nitrogen and oxygen atoms in total. The minimum absolute atomic E-state index is 0. The Morgan fingerprint density at radius 3 is 2.48 bits per heavy atom. The summed E-state index contributed by atoms with van der Waals surface area (Å²) in [6.45, 7) is 8.48. The van der Waals surface area contributed by atoms with Gasteiger partial charge in [0.25, 0.3) is 0 Å². The van der Waals surface area contributed by atoms with Crippen LogP contribution in [0.1, 0.15) is 43.8 Å². The molecule has 0 aromatic carbocycles. The highest BCUT2D eigenvalue weighted by Crippen LogP contribution is 2.10. The van der Waals surface area contributed by atoms with Crippen LogP contribution in [0.3, 0.4) is 0 Å². The minimum Gasteiger partial charge on any atom is -0.356 e. The first kappa shape index (κ1) is 20.6. The lowest BCUT2D eigenvalue weighted by Gasteiger charge is -2.12. The fraction of sp³-hybridized carbons (Fsp3) is 0.733. The second-order valence-corrected chi connectivity index (χ2v) is 6.39. The third-order valence-electron chi connectivity index (χ3n) is 3.00. The van der Waals surface area contributed by atoms with Gasteiger partial charge in [-0.15, -0.1) is 35.3 Å². The van der Waals surface area contributed by atoms with E-state index >= 15 is 0 Å². The molecule has 0 aliphatic heterocycles. The maximum atomic E-state index is 4.47. The second-order valence-electron chi connectivity index (χ2n) is 5.45. The van der Waals surface area contributed by atoms with Crippen molar-refractivity contribution in [2.24, 2.45) is 10.9 Å². The molecule has 122 valence electrons. The average molecular weight is 424 g/mol. The summed E-state index contributed by atoms with van der Waals surface area (Å²) in [5.74, 6) is 1.68. The van der Waals surface area contributed by atoms with Gasteiger partial charge < -0.3 is 10.6 Å². The highest BCUT2D eigenvalue weighted by Gasteiger charge is 2.00. The molecule has 0 saturated heterocycles. The zero-order chi connectivity index (χ0) is 14.8. The van der Waals surface area contributed by atoms with E-state index in [1.807, 2.05) is 14.0 Å². The third kappa shape index (κ3) is 10.1. The van der Waals surface area contributed by atoms with Gasteiger partial charge in [0.1, 0.15) is 0 Å². The number of hydrogen-bond donors (Lipinski definition) is 2. The van der Waals surface area contributed by atoms with Crippen molar-refractivity contribution in [1.29, 1.82) is 0 Å². The largest absolute Gasteiger partial charge is 0.356 e. The van der Waals surface area contributed by atoms with Crippen molar-refractivity contribution in [2.75, 3.05) is 20.1 Å². The van der Waals surface area contributed by atoms with Crippen LogP contribution in [0.5, 0.6) is 0 Å². The number of rotatable bonds is 8. The van der Waals surface area contributed by atoms with E-state index in [0.717, 1.165) is 43.5 Å². The van der Waals surface area contributed by atoms with Crippen molar-refractivity contribution in [3.63, 3.8) is 0 Å². The Hall–Kier alpha value is -0.370. The summed E-state index contributed by atoms with van der Waals surface area (Å²) in [6, 6.07) is 0. The van der Waals surface area contributed by atoms with Crippen molar-refractivity contribution in [1.82, 2.24) is 15.6 Å². The number of aliphatic imine (C=N–C) groups is 1. The zero-order valence-corrected chi connectivity index (χ0v) is 16.8. The first-order chi connectivity index (χ1) is 9.61. The Labute approximate surface area is 150 Å². The van der Waals surface area contributed by atoms with Gasteiger partial charge in [0.05, 0.1) is 5.01 Å². The standard InChI is InChI=1S/C15H28N4S.HI/c1-12(2)7-5-9-17-15(16-4)18-10-6-8-14-19-13(3)11-20-14;/h11-12H,5-10H2,1-4H3,(H2,16,17,18);1H. The summed E-state index contributed by atoms with van der Waals surface area (Å²) < 4.78 is 0. The molecule has 1 rings (SSSR count). The fourth-order valence-electron chi connectivity index (χ4n) is 1.90. The maximum Gasteiger partial charge on any atom is 0.190 e. The summed E-state index contributed by atoms with van der Waals surface area (Å²) in [4.78, 5) is 8.70. The van der Waals surface area contributed by atoms with E-state index < -0.39 is 0 Å². The number of aryl methyl sites for hydroxylation is 2. The quantitative estimate of drug-likeness (QED) is 0.290. The minimum atomic E-state index is 0. The van der Waals surface area contributed by atoms with Crippen molar-refractivity contribution in [3.05, 3.63) is 16.1 Å². The van der Waals surface area contributed by atoms with Crippen LogP contribution in [0, 0.1) is 12.8 Å². The lowest BCUT2D eigenvalue weighted by molar-refractivity contribution is 0.549. The molecule has 0 spiro atoms. The summed E-state index contributed by atoms with van der Waals surface area (Å²) >= 11 is 1.75. The van der Waals surface area contributed by atoms with Crippen LogP contribution in [-0.2, 0) is 6.42 Å². The van der Waals surface area contributed by atoms with Crippen molar-refractivity contribution in [3.8, 4) is 0 Å². The Morgan fingerprint density at radius 2 is 1.95 bits per heavy atom. The van der Waals surface area contributed by atoms with E-state index in [4.69, 9.17) is 0 Å². The fourth-order valence-corrected chi connectivity index (χ4v) is 2.72. The molecular weight excluding hydrogens is 395 g/mol. The number of guanidine groups is 1. The van der Waals surface area contributed by atoms with Crippen molar-refractivity contribution in [2.45, 2.75) is 46.5 Å². The van der Waals surface area contributed by atoms with E-state index in [0.29, 0.717) is 0 Å². The monoisotopic (exact) mass is 424 g/mol. The van der Waals surface area contributed by atoms with Crippen LogP contribution in [-0.4, -0.2) is 31.1 Å². The summed E-state index contributed by atoms with van der Waals surface area (Å²) in [7, 11) is 1.82. The Morgan fingerprint density at radius 1 is 1.29 bits per heavy atom. The number of aromatic nitrogens is 1. The molecule has 0 saturated carbocycles. The topological polar surface area (TPSA) is 49.3 Å². The maximum absolute atomic E-state index is 4.47. The smallest absolute Gasteiger partial charge is 0.190 e. The number of nitrogens with one attached hydrogen (secondary N) is 2. The van der Waals surface area contributed by atoms with Gasteiger partial charge >= 0.3 is 0 Å². The van der Waals surface area contributed by atoms with Crippen LogP contribution in [0.25, 0.3) is 0 Å². The Balaban J connectivity index is 0.00000400. The molecule has 6 heteroatoms. The third-order valence-corrected chi connectivity index (χ3v) is 4.03. The summed E-state index contributed by atoms with van der Waals surface area (Å²) in [6.07, 6.45) is 4.57. The van der Waals surface area contributed by atoms with Gasteiger partial charge in [-0.3, -0.25) is 4.99 Å². The highest BCUT2D eigenvalue weighted by molar-refractivity contribution is 14.0. The van der Waals surface area contributed by atoms with Gasteiger partial charge in [-0.1, -0.05) is 13.8 Å². The molecule has 0 amide bonds. The van der Waals surface area contributed by atoms with Gasteiger partial charge in [0, 0.05) is 37.6 Å². The molecule has 0 aliphatic rings. The molecule has 0 aliphatic carbocycles. The number of thiazole rings is 1. The molecular formula is C15H29IN4S. The van der Waals surface area contributed by atoms with E-state index in [1.54, 1.807) is 11.3 Å². The molecule has 1 aromatic heterocycles. The van der Waals surface area contributed by atoms with Crippen LogP contribution < -0.4 is 10.6 Å². The van der Waals surface area contributed by atoms with E-state index in [-0.39, 0.29) is 24.0 Å². The normalized spacial score (nSPS) is 11.4. The van der Waals surface area contributed by atoms with Gasteiger partial charge in [0.2, 0.25) is 0 Å². The van der Waals surface area contributed by atoms with Gasteiger partial charge in [-0.25, -0.2) is 4.98 Å². The predicted molar refractivity (Wildman–Crippen MR) is 104 cm³/mol. The van der Waals surface area contributed by atoms with Crippen molar-refractivity contribution >= 4 is 41.3 Å². The summed E-state index contributed by atoms with van der Waals surface area (Å²) in [5.41, 5.74) is 1.13. The SMILES string of the molecule is CN=C(NCCCc1nc(C)cs1)NCCCC(C)C.I. The molecule has 2 N–H and O–H groups in total. The predicted octanol–water partition coefficient (Wildman–Crippen LogP) is 3.60. The number of halogens is 1. The first-order valence-corrected chi connectivity index (χ1v) is 8.35. The molecule has 0 atom stereocenters.